The number of amides is 1. The van der Waals surface area contributed by atoms with Gasteiger partial charge in [-0.25, -0.2) is 0 Å². The van der Waals surface area contributed by atoms with Crippen molar-refractivity contribution in [1.29, 1.82) is 0 Å². The highest BCUT2D eigenvalue weighted by molar-refractivity contribution is 5.94. The van der Waals surface area contributed by atoms with Gasteiger partial charge >= 0.3 is 0 Å². The maximum atomic E-state index is 11.8. The molecule has 2 heterocycles. The number of piperidine rings is 1. The van der Waals surface area contributed by atoms with Crippen molar-refractivity contribution in [1.82, 2.24) is 25.7 Å². The quantitative estimate of drug-likeness (QED) is 0.475. The van der Waals surface area contributed by atoms with E-state index in [0.717, 1.165) is 50.4 Å². The Morgan fingerprint density at radius 1 is 1.37 bits per heavy atom. The van der Waals surface area contributed by atoms with E-state index >= 15 is 0 Å². The molecule has 8 heteroatoms. The van der Waals surface area contributed by atoms with E-state index in [4.69, 9.17) is 4.99 Å². The minimum Gasteiger partial charge on any atom is -0.367 e. The second kappa shape index (κ2) is 10.7. The SMILES string of the molecule is CCNC(=NCCc1cccc(C(=O)NC)c1)NC1CCCN(c2cnn(C)c2)C1. The molecular formula is C22H33N7O. The molecule has 1 fully saturated rings. The summed E-state index contributed by atoms with van der Waals surface area (Å²) >= 11 is 0. The minimum atomic E-state index is -0.0641. The summed E-state index contributed by atoms with van der Waals surface area (Å²) < 4.78 is 1.84. The first kappa shape index (κ1) is 21.7. The zero-order valence-corrected chi connectivity index (χ0v) is 18.2. The molecule has 30 heavy (non-hydrogen) atoms. The van der Waals surface area contributed by atoms with Gasteiger partial charge in [0.25, 0.3) is 5.91 Å². The molecule has 2 aromatic rings. The summed E-state index contributed by atoms with van der Waals surface area (Å²) in [4.78, 5) is 19.0. The summed E-state index contributed by atoms with van der Waals surface area (Å²) in [5, 5.41) is 13.9. The van der Waals surface area contributed by atoms with Gasteiger partial charge in [0.2, 0.25) is 0 Å². The number of hydrogen-bond donors (Lipinski definition) is 3. The number of aromatic nitrogens is 2. The van der Waals surface area contributed by atoms with Crippen LogP contribution in [0.5, 0.6) is 0 Å². The molecule has 1 saturated heterocycles. The molecule has 162 valence electrons. The number of carbonyl (C=O) groups excluding carboxylic acids is 1. The number of nitrogens with one attached hydrogen (secondary N) is 3. The van der Waals surface area contributed by atoms with Crippen molar-refractivity contribution in [2.45, 2.75) is 32.2 Å². The molecule has 1 aromatic carbocycles. The lowest BCUT2D eigenvalue weighted by atomic mass is 10.1. The third kappa shape index (κ3) is 5.98. The Morgan fingerprint density at radius 3 is 2.97 bits per heavy atom. The number of rotatable bonds is 7. The molecule has 0 aliphatic carbocycles. The Labute approximate surface area is 178 Å². The Bertz CT molecular complexity index is 861. The second-order valence-corrected chi connectivity index (χ2v) is 7.59. The Kier molecular flexibility index (Phi) is 7.70. The number of guanidine groups is 1. The van der Waals surface area contributed by atoms with Crippen molar-refractivity contribution in [3.63, 3.8) is 0 Å². The van der Waals surface area contributed by atoms with E-state index < -0.39 is 0 Å². The Hall–Kier alpha value is -3.03. The van der Waals surface area contributed by atoms with Gasteiger partial charge in [-0.05, 0) is 43.9 Å². The first-order valence-electron chi connectivity index (χ1n) is 10.7. The van der Waals surface area contributed by atoms with Crippen LogP contribution in [0.1, 0.15) is 35.7 Å². The number of carbonyl (C=O) groups is 1. The smallest absolute Gasteiger partial charge is 0.251 e. The maximum Gasteiger partial charge on any atom is 0.251 e. The number of aliphatic imine (C=N–C) groups is 1. The van der Waals surface area contributed by atoms with Gasteiger partial charge in [0.05, 0.1) is 11.9 Å². The van der Waals surface area contributed by atoms with Gasteiger partial charge in [0.1, 0.15) is 0 Å². The fraction of sp³-hybridized carbons (Fsp3) is 0.500. The third-order valence-electron chi connectivity index (χ3n) is 5.25. The summed E-state index contributed by atoms with van der Waals surface area (Å²) in [5.41, 5.74) is 2.96. The van der Waals surface area contributed by atoms with Gasteiger partial charge in [-0.1, -0.05) is 12.1 Å². The maximum absolute atomic E-state index is 11.8. The topological polar surface area (TPSA) is 86.6 Å². The summed E-state index contributed by atoms with van der Waals surface area (Å²) in [6, 6.07) is 8.06. The fourth-order valence-electron chi connectivity index (χ4n) is 3.72. The van der Waals surface area contributed by atoms with Crippen LogP contribution in [0.3, 0.4) is 0 Å². The van der Waals surface area contributed by atoms with Crippen LogP contribution in [0.15, 0.2) is 41.7 Å². The molecule has 0 spiro atoms. The molecule has 1 aromatic heterocycles. The zero-order chi connectivity index (χ0) is 21.3. The number of aryl methyl sites for hydroxylation is 1. The van der Waals surface area contributed by atoms with E-state index in [2.05, 4.69) is 39.1 Å². The summed E-state index contributed by atoms with van der Waals surface area (Å²) in [5.74, 6) is 0.781. The number of benzene rings is 1. The van der Waals surface area contributed by atoms with E-state index in [1.807, 2.05) is 42.2 Å². The lowest BCUT2D eigenvalue weighted by Gasteiger charge is -2.34. The van der Waals surface area contributed by atoms with Gasteiger partial charge in [0.15, 0.2) is 5.96 Å². The largest absolute Gasteiger partial charge is 0.367 e. The lowest BCUT2D eigenvalue weighted by Crippen LogP contribution is -2.51. The molecule has 1 unspecified atom stereocenters. The molecule has 3 N–H and O–H groups in total. The lowest BCUT2D eigenvalue weighted by molar-refractivity contribution is 0.0963. The van der Waals surface area contributed by atoms with Crippen LogP contribution < -0.4 is 20.9 Å². The van der Waals surface area contributed by atoms with E-state index in [1.54, 1.807) is 7.05 Å². The van der Waals surface area contributed by atoms with Gasteiger partial charge in [-0.15, -0.1) is 0 Å². The predicted molar refractivity (Wildman–Crippen MR) is 121 cm³/mol. The van der Waals surface area contributed by atoms with Crippen molar-refractivity contribution >= 4 is 17.6 Å². The van der Waals surface area contributed by atoms with Gasteiger partial charge in [0, 0.05) is 58.1 Å². The van der Waals surface area contributed by atoms with Crippen LogP contribution in [0.25, 0.3) is 0 Å². The highest BCUT2D eigenvalue weighted by Gasteiger charge is 2.21. The zero-order valence-electron chi connectivity index (χ0n) is 18.2. The number of anilines is 1. The molecular weight excluding hydrogens is 378 g/mol. The molecule has 1 amide bonds. The first-order chi connectivity index (χ1) is 14.6. The van der Waals surface area contributed by atoms with E-state index in [0.29, 0.717) is 18.2 Å². The van der Waals surface area contributed by atoms with Crippen molar-refractivity contribution in [3.8, 4) is 0 Å². The normalized spacial score (nSPS) is 17.0. The van der Waals surface area contributed by atoms with Crippen LogP contribution in [-0.4, -0.2) is 60.9 Å². The highest BCUT2D eigenvalue weighted by atomic mass is 16.1. The molecule has 0 saturated carbocycles. The fourth-order valence-corrected chi connectivity index (χ4v) is 3.72. The van der Waals surface area contributed by atoms with Crippen LogP contribution >= 0.6 is 0 Å². The van der Waals surface area contributed by atoms with Gasteiger partial charge in [-0.3, -0.25) is 14.5 Å². The van der Waals surface area contributed by atoms with Crippen molar-refractivity contribution < 1.29 is 4.79 Å². The molecule has 3 rings (SSSR count). The van der Waals surface area contributed by atoms with E-state index in [1.165, 1.54) is 5.69 Å². The summed E-state index contributed by atoms with van der Waals surface area (Å²) in [6.45, 7) is 5.54. The molecule has 0 radical (unpaired) electrons. The summed E-state index contributed by atoms with van der Waals surface area (Å²) in [6.07, 6.45) is 7.03. The van der Waals surface area contributed by atoms with Gasteiger partial charge < -0.3 is 20.9 Å². The van der Waals surface area contributed by atoms with Crippen LogP contribution in [0.4, 0.5) is 5.69 Å². The summed E-state index contributed by atoms with van der Waals surface area (Å²) in [7, 11) is 3.60. The van der Waals surface area contributed by atoms with Crippen LogP contribution in [0.2, 0.25) is 0 Å². The van der Waals surface area contributed by atoms with Crippen molar-refractivity contribution in [3.05, 3.63) is 47.8 Å². The van der Waals surface area contributed by atoms with Crippen LogP contribution in [-0.2, 0) is 13.5 Å². The average molecular weight is 412 g/mol. The van der Waals surface area contributed by atoms with Gasteiger partial charge in [-0.2, -0.15) is 5.10 Å². The van der Waals surface area contributed by atoms with E-state index in [-0.39, 0.29) is 5.91 Å². The standard InChI is InChI=1S/C22H33N7O/c1-4-24-22(25-11-10-17-7-5-8-18(13-17)21(30)23-2)27-19-9-6-12-29(15-19)20-14-26-28(3)16-20/h5,7-8,13-14,16,19H,4,6,9-12,15H2,1-3H3,(H,23,30)(H2,24,25,27). The first-order valence-corrected chi connectivity index (χ1v) is 10.7. The number of hydrogen-bond acceptors (Lipinski definition) is 4. The molecule has 1 atom stereocenters. The molecule has 0 bridgehead atoms. The molecule has 8 nitrogen and oxygen atoms in total. The highest BCUT2D eigenvalue weighted by Crippen LogP contribution is 2.19. The molecule has 1 aliphatic heterocycles. The Morgan fingerprint density at radius 2 is 2.23 bits per heavy atom. The molecule has 1 aliphatic rings. The predicted octanol–water partition coefficient (Wildman–Crippen LogP) is 1.55. The van der Waals surface area contributed by atoms with E-state index in [9.17, 15) is 4.79 Å². The monoisotopic (exact) mass is 411 g/mol. The van der Waals surface area contributed by atoms with Crippen LogP contribution in [0, 0.1) is 0 Å². The van der Waals surface area contributed by atoms with Crippen molar-refractivity contribution in [2.24, 2.45) is 12.0 Å². The average Bonchev–Trinajstić information content (AvgIpc) is 3.20. The van der Waals surface area contributed by atoms with Crippen molar-refractivity contribution in [2.75, 3.05) is 38.1 Å². The minimum absolute atomic E-state index is 0.0641. The second-order valence-electron chi connectivity index (χ2n) is 7.59. The third-order valence-corrected chi connectivity index (χ3v) is 5.25. The number of nitrogens with zero attached hydrogens (tertiary/aromatic N) is 4. The Balaban J connectivity index is 1.57.